The first-order chi connectivity index (χ1) is 11.7. The lowest BCUT2D eigenvalue weighted by atomic mass is 10.0. The van der Waals surface area contributed by atoms with Crippen molar-refractivity contribution in [2.75, 3.05) is 13.1 Å². The molecule has 24 heavy (non-hydrogen) atoms. The van der Waals surface area contributed by atoms with Crippen LogP contribution >= 0.6 is 0 Å². The highest BCUT2D eigenvalue weighted by Crippen LogP contribution is 2.26. The molecular weight excluding hydrogens is 307 g/mol. The molecule has 6 heteroatoms. The van der Waals surface area contributed by atoms with Crippen molar-refractivity contribution in [3.05, 3.63) is 60.4 Å². The van der Waals surface area contributed by atoms with Gasteiger partial charge in [0, 0.05) is 37.1 Å². The van der Waals surface area contributed by atoms with Crippen LogP contribution in [0.2, 0.25) is 0 Å². The number of aromatic nitrogens is 3. The van der Waals surface area contributed by atoms with E-state index in [0.29, 0.717) is 17.6 Å². The van der Waals surface area contributed by atoms with Crippen LogP contribution in [-0.4, -0.2) is 38.4 Å². The van der Waals surface area contributed by atoms with E-state index < -0.39 is 0 Å². The van der Waals surface area contributed by atoms with Crippen molar-refractivity contribution < 1.29 is 9.18 Å². The number of pyridine rings is 1. The SMILES string of the molecule is O=C(c1ccncc1)N1CCCC(n2cnc3cc(F)ccc32)C1. The second kappa shape index (κ2) is 6.03. The van der Waals surface area contributed by atoms with E-state index in [1.807, 2.05) is 4.90 Å². The van der Waals surface area contributed by atoms with Crippen molar-refractivity contribution in [3.63, 3.8) is 0 Å². The topological polar surface area (TPSA) is 51.0 Å². The number of carbonyl (C=O) groups is 1. The number of hydrogen-bond acceptors (Lipinski definition) is 3. The third-order valence-corrected chi connectivity index (χ3v) is 4.54. The van der Waals surface area contributed by atoms with Crippen LogP contribution in [0.15, 0.2) is 49.1 Å². The maximum Gasteiger partial charge on any atom is 0.254 e. The predicted octanol–water partition coefficient (Wildman–Crippen LogP) is 3.05. The number of imidazole rings is 1. The zero-order valence-electron chi connectivity index (χ0n) is 13.1. The van der Waals surface area contributed by atoms with Crippen LogP contribution in [-0.2, 0) is 0 Å². The molecule has 4 rings (SSSR count). The maximum absolute atomic E-state index is 13.3. The van der Waals surface area contributed by atoms with Crippen molar-refractivity contribution in [1.82, 2.24) is 19.4 Å². The fraction of sp³-hybridized carbons (Fsp3) is 0.278. The molecule has 122 valence electrons. The van der Waals surface area contributed by atoms with Gasteiger partial charge in [0.25, 0.3) is 5.91 Å². The summed E-state index contributed by atoms with van der Waals surface area (Å²) in [4.78, 5) is 22.8. The number of piperidine rings is 1. The van der Waals surface area contributed by atoms with Crippen LogP contribution in [0.4, 0.5) is 4.39 Å². The minimum atomic E-state index is -0.286. The van der Waals surface area contributed by atoms with Crippen LogP contribution in [0.5, 0.6) is 0 Å². The van der Waals surface area contributed by atoms with Gasteiger partial charge in [0.05, 0.1) is 23.4 Å². The minimum absolute atomic E-state index is 0.0255. The summed E-state index contributed by atoms with van der Waals surface area (Å²) >= 11 is 0. The monoisotopic (exact) mass is 324 g/mol. The summed E-state index contributed by atoms with van der Waals surface area (Å²) in [5, 5.41) is 0. The summed E-state index contributed by atoms with van der Waals surface area (Å²) in [7, 11) is 0. The third-order valence-electron chi connectivity index (χ3n) is 4.54. The van der Waals surface area contributed by atoms with Gasteiger partial charge in [0.1, 0.15) is 5.82 Å². The van der Waals surface area contributed by atoms with Gasteiger partial charge < -0.3 is 9.47 Å². The molecule has 1 amide bonds. The first-order valence-corrected chi connectivity index (χ1v) is 8.04. The molecule has 0 spiro atoms. The van der Waals surface area contributed by atoms with Crippen molar-refractivity contribution in [2.45, 2.75) is 18.9 Å². The highest BCUT2D eigenvalue weighted by molar-refractivity contribution is 5.94. The van der Waals surface area contributed by atoms with E-state index in [2.05, 4.69) is 14.5 Å². The molecule has 0 aliphatic carbocycles. The maximum atomic E-state index is 13.3. The highest BCUT2D eigenvalue weighted by atomic mass is 19.1. The molecule has 0 N–H and O–H groups in total. The van der Waals surface area contributed by atoms with Gasteiger partial charge in [0.2, 0.25) is 0 Å². The Morgan fingerprint density at radius 3 is 2.88 bits per heavy atom. The van der Waals surface area contributed by atoms with E-state index in [1.165, 1.54) is 12.1 Å². The van der Waals surface area contributed by atoms with Crippen LogP contribution < -0.4 is 0 Å². The molecule has 0 radical (unpaired) electrons. The van der Waals surface area contributed by atoms with Crippen LogP contribution in [0.25, 0.3) is 11.0 Å². The number of carbonyl (C=O) groups excluding carboxylic acids is 1. The van der Waals surface area contributed by atoms with Gasteiger partial charge >= 0.3 is 0 Å². The molecule has 0 bridgehead atoms. The molecular formula is C18H17FN4O. The summed E-state index contributed by atoms with van der Waals surface area (Å²) in [5.41, 5.74) is 2.20. The zero-order chi connectivity index (χ0) is 16.5. The third kappa shape index (κ3) is 2.64. The number of likely N-dealkylation sites (tertiary alicyclic amines) is 1. The molecule has 5 nitrogen and oxygen atoms in total. The van der Waals surface area contributed by atoms with Gasteiger partial charge in [-0.05, 0) is 37.1 Å². The summed E-state index contributed by atoms with van der Waals surface area (Å²) in [6.45, 7) is 1.38. The van der Waals surface area contributed by atoms with Gasteiger partial charge in [0.15, 0.2) is 0 Å². The molecule has 0 saturated carbocycles. The van der Waals surface area contributed by atoms with E-state index >= 15 is 0 Å². The van der Waals surface area contributed by atoms with Crippen molar-refractivity contribution in [2.24, 2.45) is 0 Å². The molecule has 2 aromatic heterocycles. The Morgan fingerprint density at radius 1 is 1.21 bits per heavy atom. The summed E-state index contributed by atoms with van der Waals surface area (Å²) in [5.74, 6) is -0.261. The number of rotatable bonds is 2. The van der Waals surface area contributed by atoms with Crippen LogP contribution in [0.1, 0.15) is 29.2 Å². The molecule has 1 aromatic carbocycles. The van der Waals surface area contributed by atoms with Crippen molar-refractivity contribution >= 4 is 16.9 Å². The van der Waals surface area contributed by atoms with E-state index in [9.17, 15) is 9.18 Å². The van der Waals surface area contributed by atoms with Gasteiger partial charge in [-0.1, -0.05) is 0 Å². The summed E-state index contributed by atoms with van der Waals surface area (Å²) in [6.07, 6.45) is 6.92. The zero-order valence-corrected chi connectivity index (χ0v) is 13.1. The lowest BCUT2D eigenvalue weighted by Crippen LogP contribution is -2.40. The molecule has 3 aromatic rings. The molecule has 3 heterocycles. The second-order valence-electron chi connectivity index (χ2n) is 6.07. The number of amides is 1. The molecule has 1 aliphatic rings. The van der Waals surface area contributed by atoms with E-state index in [-0.39, 0.29) is 17.8 Å². The lowest BCUT2D eigenvalue weighted by Gasteiger charge is -2.33. The Morgan fingerprint density at radius 2 is 2.04 bits per heavy atom. The Hall–Kier alpha value is -2.76. The first-order valence-electron chi connectivity index (χ1n) is 8.04. The fourth-order valence-corrected chi connectivity index (χ4v) is 3.34. The minimum Gasteiger partial charge on any atom is -0.337 e. The standard InChI is InChI=1S/C18H17FN4O/c19-14-3-4-17-16(10-14)21-12-23(17)15-2-1-9-22(11-15)18(24)13-5-7-20-8-6-13/h3-8,10,12,15H,1-2,9,11H2. The predicted molar refractivity (Wildman–Crippen MR) is 88.1 cm³/mol. The average Bonchev–Trinajstić information content (AvgIpc) is 3.05. The largest absolute Gasteiger partial charge is 0.337 e. The van der Waals surface area contributed by atoms with Gasteiger partial charge in [-0.25, -0.2) is 9.37 Å². The van der Waals surface area contributed by atoms with Crippen molar-refractivity contribution in [3.8, 4) is 0 Å². The number of halogens is 1. The van der Waals surface area contributed by atoms with E-state index in [4.69, 9.17) is 0 Å². The van der Waals surface area contributed by atoms with Crippen LogP contribution in [0.3, 0.4) is 0 Å². The van der Waals surface area contributed by atoms with E-state index in [1.54, 1.807) is 36.9 Å². The molecule has 1 fully saturated rings. The smallest absolute Gasteiger partial charge is 0.254 e. The molecule has 1 atom stereocenters. The van der Waals surface area contributed by atoms with Gasteiger partial charge in [-0.3, -0.25) is 9.78 Å². The number of nitrogens with zero attached hydrogens (tertiary/aromatic N) is 4. The summed E-state index contributed by atoms with van der Waals surface area (Å²) < 4.78 is 15.4. The van der Waals surface area contributed by atoms with E-state index in [0.717, 1.165) is 24.9 Å². The fourth-order valence-electron chi connectivity index (χ4n) is 3.34. The molecule has 1 unspecified atom stereocenters. The van der Waals surface area contributed by atoms with Gasteiger partial charge in [-0.2, -0.15) is 0 Å². The number of hydrogen-bond donors (Lipinski definition) is 0. The number of fused-ring (bicyclic) bond motifs is 1. The Bertz CT molecular complexity index is 877. The lowest BCUT2D eigenvalue weighted by molar-refractivity contribution is 0.0681. The molecule has 1 aliphatic heterocycles. The Kier molecular flexibility index (Phi) is 3.72. The normalized spacial score (nSPS) is 18.0. The summed E-state index contributed by atoms with van der Waals surface area (Å²) in [6, 6.07) is 8.27. The van der Waals surface area contributed by atoms with Crippen LogP contribution in [0, 0.1) is 5.82 Å². The molecule has 1 saturated heterocycles. The Labute approximate surface area is 138 Å². The second-order valence-corrected chi connectivity index (χ2v) is 6.07. The first kappa shape index (κ1) is 14.8. The Balaban J connectivity index is 1.59. The number of benzene rings is 1. The highest BCUT2D eigenvalue weighted by Gasteiger charge is 2.26. The van der Waals surface area contributed by atoms with Crippen molar-refractivity contribution in [1.29, 1.82) is 0 Å². The average molecular weight is 324 g/mol. The van der Waals surface area contributed by atoms with Gasteiger partial charge in [-0.15, -0.1) is 0 Å². The quantitative estimate of drug-likeness (QED) is 0.728.